The number of hydrogen-bond acceptors (Lipinski definition) is 7. The van der Waals surface area contributed by atoms with Gasteiger partial charge in [-0.25, -0.2) is 0 Å². The van der Waals surface area contributed by atoms with Gasteiger partial charge >= 0.3 is 0 Å². The van der Waals surface area contributed by atoms with Crippen molar-refractivity contribution in [1.29, 1.82) is 0 Å². The largest absolute Gasteiger partial charge is 0.450 e. The number of benzene rings is 1. The van der Waals surface area contributed by atoms with Gasteiger partial charge in [-0.3, -0.25) is 19.5 Å². The molecule has 8 heteroatoms. The predicted octanol–water partition coefficient (Wildman–Crippen LogP) is 3.91. The highest BCUT2D eigenvalue weighted by molar-refractivity contribution is 7.15. The second-order valence-electron chi connectivity index (χ2n) is 7.11. The Kier molecular flexibility index (Phi) is 4.02. The van der Waals surface area contributed by atoms with E-state index in [1.807, 2.05) is 13.8 Å². The Morgan fingerprint density at radius 1 is 1.07 bits per heavy atom. The van der Waals surface area contributed by atoms with Crippen molar-refractivity contribution in [3.63, 3.8) is 0 Å². The first-order chi connectivity index (χ1) is 14.1. The molecule has 1 aromatic carbocycles. The van der Waals surface area contributed by atoms with Gasteiger partial charge in [0, 0.05) is 18.3 Å². The number of hydrogen-bond donors (Lipinski definition) is 0. The van der Waals surface area contributed by atoms with Crippen molar-refractivity contribution in [2.24, 2.45) is 0 Å². The fourth-order valence-electron chi connectivity index (χ4n) is 3.54. The Morgan fingerprint density at radius 2 is 1.83 bits per heavy atom. The van der Waals surface area contributed by atoms with Crippen LogP contribution in [0.1, 0.15) is 52.5 Å². The van der Waals surface area contributed by atoms with Gasteiger partial charge in [0.05, 0.1) is 17.0 Å². The van der Waals surface area contributed by atoms with E-state index in [0.29, 0.717) is 21.7 Å². The highest BCUT2D eigenvalue weighted by Gasteiger charge is 2.45. The monoisotopic (exact) mass is 404 g/mol. The third-order valence-electron chi connectivity index (χ3n) is 4.93. The number of nitrogens with zero attached hydrogens (tertiary/aromatic N) is 4. The third-order valence-corrected chi connectivity index (χ3v) is 6.15. The molecule has 0 saturated carbocycles. The van der Waals surface area contributed by atoms with Gasteiger partial charge in [-0.1, -0.05) is 37.3 Å². The standard InChI is InChI=1S/C21H16N4O3S/c1-11(2)19-23-24-21(29-19)25-16(12-7-9-22-10-8-12)15-17(26)13-5-3-4-6-14(13)28-18(15)20(25)27/h3-11,16H,1-2H3. The molecule has 3 aromatic heterocycles. The van der Waals surface area contributed by atoms with Gasteiger partial charge in [0.25, 0.3) is 5.91 Å². The van der Waals surface area contributed by atoms with E-state index in [4.69, 9.17) is 4.42 Å². The Hall–Kier alpha value is -3.39. The van der Waals surface area contributed by atoms with Crippen LogP contribution >= 0.6 is 11.3 Å². The molecule has 0 aliphatic carbocycles. The van der Waals surface area contributed by atoms with E-state index in [2.05, 4.69) is 15.2 Å². The molecule has 144 valence electrons. The van der Waals surface area contributed by atoms with E-state index in [0.717, 1.165) is 10.6 Å². The van der Waals surface area contributed by atoms with Crippen LogP contribution in [0.15, 0.2) is 58.0 Å². The van der Waals surface area contributed by atoms with E-state index in [1.54, 1.807) is 48.8 Å². The second-order valence-corrected chi connectivity index (χ2v) is 8.09. The Balaban J connectivity index is 1.78. The SMILES string of the molecule is CC(C)c1nnc(N2C(=O)c3oc4ccccc4c(=O)c3C2c2ccncc2)s1. The van der Waals surface area contributed by atoms with Crippen molar-refractivity contribution in [3.8, 4) is 0 Å². The zero-order valence-electron chi connectivity index (χ0n) is 15.7. The molecule has 4 aromatic rings. The Bertz CT molecular complexity index is 1300. The summed E-state index contributed by atoms with van der Waals surface area (Å²) in [7, 11) is 0. The fourth-order valence-corrected chi connectivity index (χ4v) is 4.41. The van der Waals surface area contributed by atoms with Crippen molar-refractivity contribution in [2.75, 3.05) is 4.90 Å². The molecule has 0 saturated heterocycles. The van der Waals surface area contributed by atoms with E-state index < -0.39 is 11.9 Å². The summed E-state index contributed by atoms with van der Waals surface area (Å²) >= 11 is 1.34. The second kappa shape index (κ2) is 6.59. The van der Waals surface area contributed by atoms with Crippen LogP contribution in [0.4, 0.5) is 5.13 Å². The van der Waals surface area contributed by atoms with Crippen molar-refractivity contribution < 1.29 is 9.21 Å². The van der Waals surface area contributed by atoms with Gasteiger partial charge in [0.15, 0.2) is 5.43 Å². The predicted molar refractivity (Wildman–Crippen MR) is 109 cm³/mol. The van der Waals surface area contributed by atoms with Gasteiger partial charge in [-0.15, -0.1) is 10.2 Å². The molecule has 1 aliphatic rings. The molecule has 1 unspecified atom stereocenters. The molecular weight excluding hydrogens is 388 g/mol. The summed E-state index contributed by atoms with van der Waals surface area (Å²) in [5.41, 5.74) is 1.25. The van der Waals surface area contributed by atoms with Crippen LogP contribution < -0.4 is 10.3 Å². The highest BCUT2D eigenvalue weighted by Crippen LogP contribution is 2.42. The first kappa shape index (κ1) is 17.7. The zero-order valence-corrected chi connectivity index (χ0v) is 16.5. The van der Waals surface area contributed by atoms with Crippen molar-refractivity contribution in [1.82, 2.24) is 15.2 Å². The molecule has 1 amide bonds. The molecular formula is C21H16N4O3S. The number of carbonyl (C=O) groups excluding carboxylic acids is 1. The average Bonchev–Trinajstić information content (AvgIpc) is 3.33. The molecule has 0 radical (unpaired) electrons. The van der Waals surface area contributed by atoms with E-state index in [1.165, 1.54) is 16.2 Å². The van der Waals surface area contributed by atoms with Gasteiger partial charge < -0.3 is 4.42 Å². The van der Waals surface area contributed by atoms with Crippen molar-refractivity contribution >= 4 is 33.3 Å². The van der Waals surface area contributed by atoms with Gasteiger partial charge in [-0.2, -0.15) is 0 Å². The minimum absolute atomic E-state index is 0.0526. The lowest BCUT2D eigenvalue weighted by Crippen LogP contribution is -2.29. The molecule has 29 heavy (non-hydrogen) atoms. The van der Waals surface area contributed by atoms with E-state index >= 15 is 0 Å². The summed E-state index contributed by atoms with van der Waals surface area (Å²) in [6.45, 7) is 4.03. The van der Waals surface area contributed by atoms with Gasteiger partial charge in [0.1, 0.15) is 10.6 Å². The van der Waals surface area contributed by atoms with Crippen molar-refractivity contribution in [3.05, 3.63) is 80.9 Å². The topological polar surface area (TPSA) is 89.2 Å². The number of aromatic nitrogens is 3. The quantitative estimate of drug-likeness (QED) is 0.514. The molecule has 4 heterocycles. The first-order valence-electron chi connectivity index (χ1n) is 9.19. The number of pyridine rings is 1. The minimum Gasteiger partial charge on any atom is -0.450 e. The smallest absolute Gasteiger partial charge is 0.297 e. The maximum absolute atomic E-state index is 13.4. The van der Waals surface area contributed by atoms with Crippen LogP contribution in [-0.4, -0.2) is 21.1 Å². The summed E-state index contributed by atoms with van der Waals surface area (Å²) < 4.78 is 5.90. The Morgan fingerprint density at radius 3 is 2.55 bits per heavy atom. The molecule has 0 fully saturated rings. The van der Waals surface area contributed by atoms with Crippen molar-refractivity contribution in [2.45, 2.75) is 25.8 Å². The summed E-state index contributed by atoms with van der Waals surface area (Å²) in [5, 5.41) is 10.2. The lowest BCUT2D eigenvalue weighted by Gasteiger charge is -2.21. The number of para-hydroxylation sites is 1. The lowest BCUT2D eigenvalue weighted by molar-refractivity contribution is 0.0970. The zero-order chi connectivity index (χ0) is 20.1. The molecule has 1 atom stereocenters. The van der Waals surface area contributed by atoms with E-state index in [9.17, 15) is 9.59 Å². The molecule has 0 bridgehead atoms. The first-order valence-corrected chi connectivity index (χ1v) is 10.0. The van der Waals surface area contributed by atoms with E-state index in [-0.39, 0.29) is 17.1 Å². The highest BCUT2D eigenvalue weighted by atomic mass is 32.1. The molecule has 5 rings (SSSR count). The maximum Gasteiger partial charge on any atom is 0.297 e. The van der Waals surface area contributed by atoms with Crippen LogP contribution in [-0.2, 0) is 0 Å². The van der Waals surface area contributed by atoms with Crippen LogP contribution in [0, 0.1) is 0 Å². The summed E-state index contributed by atoms with van der Waals surface area (Å²) in [4.78, 5) is 32.3. The molecule has 1 aliphatic heterocycles. The molecule has 7 nitrogen and oxygen atoms in total. The van der Waals surface area contributed by atoms with Crippen LogP contribution in [0.2, 0.25) is 0 Å². The normalized spacial score (nSPS) is 16.0. The average molecular weight is 404 g/mol. The fraction of sp³-hybridized carbons (Fsp3) is 0.190. The number of carbonyl (C=O) groups is 1. The number of amides is 1. The minimum atomic E-state index is -0.644. The number of rotatable bonds is 3. The summed E-state index contributed by atoms with van der Waals surface area (Å²) in [6.07, 6.45) is 3.27. The van der Waals surface area contributed by atoms with Gasteiger partial charge in [-0.05, 0) is 29.8 Å². The summed E-state index contributed by atoms with van der Waals surface area (Å²) in [6, 6.07) is 9.89. The number of anilines is 1. The Labute approximate surface area is 169 Å². The van der Waals surface area contributed by atoms with Gasteiger partial charge in [0.2, 0.25) is 10.9 Å². The molecule has 0 N–H and O–H groups in total. The van der Waals surface area contributed by atoms with Crippen LogP contribution in [0.25, 0.3) is 11.0 Å². The summed E-state index contributed by atoms with van der Waals surface area (Å²) in [5.74, 6) is -0.156. The third kappa shape index (κ3) is 2.67. The number of fused-ring (bicyclic) bond motifs is 2. The maximum atomic E-state index is 13.4. The van der Waals surface area contributed by atoms with Crippen LogP contribution in [0.3, 0.4) is 0 Å². The lowest BCUT2D eigenvalue weighted by atomic mass is 10.00. The molecule has 0 spiro atoms. The van der Waals surface area contributed by atoms with Crippen LogP contribution in [0.5, 0.6) is 0 Å².